The molecular formula is C18H18F2N4O2S. The van der Waals surface area contributed by atoms with Crippen molar-refractivity contribution in [3.05, 3.63) is 65.5 Å². The summed E-state index contributed by atoms with van der Waals surface area (Å²) in [5.41, 5.74) is 1.79. The van der Waals surface area contributed by atoms with Gasteiger partial charge in [0, 0.05) is 18.3 Å². The van der Waals surface area contributed by atoms with E-state index in [0.29, 0.717) is 17.7 Å². The molecule has 3 aromatic rings. The van der Waals surface area contributed by atoms with Gasteiger partial charge in [0.05, 0.1) is 17.1 Å². The number of sulfonamides is 1. The normalized spacial score (nSPS) is 11.7. The molecule has 3 rings (SSSR count). The van der Waals surface area contributed by atoms with E-state index in [1.54, 1.807) is 24.7 Å². The summed E-state index contributed by atoms with van der Waals surface area (Å²) in [6, 6.07) is 7.44. The van der Waals surface area contributed by atoms with Crippen molar-refractivity contribution in [1.82, 2.24) is 19.7 Å². The Kier molecular flexibility index (Phi) is 5.33. The highest BCUT2D eigenvalue weighted by molar-refractivity contribution is 7.89. The molecule has 0 fully saturated rings. The first-order valence-corrected chi connectivity index (χ1v) is 9.67. The molecule has 9 heteroatoms. The largest absolute Gasteiger partial charge is 0.251 e. The van der Waals surface area contributed by atoms with Crippen molar-refractivity contribution in [3.63, 3.8) is 0 Å². The highest BCUT2D eigenvalue weighted by Crippen LogP contribution is 2.28. The molecule has 0 bridgehead atoms. The smallest absolute Gasteiger partial charge is 0.240 e. The van der Waals surface area contributed by atoms with Crippen molar-refractivity contribution in [2.75, 3.05) is 6.54 Å². The fourth-order valence-corrected chi connectivity index (χ4v) is 3.80. The van der Waals surface area contributed by atoms with Crippen LogP contribution in [0.2, 0.25) is 0 Å². The highest BCUT2D eigenvalue weighted by Gasteiger charge is 2.16. The number of aromatic nitrogens is 3. The van der Waals surface area contributed by atoms with E-state index in [1.165, 1.54) is 18.2 Å². The zero-order valence-corrected chi connectivity index (χ0v) is 15.6. The number of nitrogens with zero attached hydrogens (tertiary/aromatic N) is 3. The summed E-state index contributed by atoms with van der Waals surface area (Å²) in [4.78, 5) is 0.0512. The van der Waals surface area contributed by atoms with Crippen LogP contribution in [-0.2, 0) is 16.6 Å². The molecule has 0 aliphatic carbocycles. The van der Waals surface area contributed by atoms with Crippen LogP contribution in [0, 0.1) is 25.5 Å². The summed E-state index contributed by atoms with van der Waals surface area (Å²) in [5, 5.41) is 7.68. The maximum Gasteiger partial charge on any atom is 0.240 e. The maximum atomic E-state index is 14.0. The average molecular weight is 392 g/mol. The Morgan fingerprint density at radius 2 is 1.85 bits per heavy atom. The van der Waals surface area contributed by atoms with Crippen molar-refractivity contribution in [3.8, 4) is 11.1 Å². The molecule has 1 heterocycles. The maximum absolute atomic E-state index is 14.0. The quantitative estimate of drug-likeness (QED) is 0.700. The standard InChI is InChI=1S/C18H18F2N4O2S/c1-12-9-15(4-5-16(12)17-10-14(19)3-6-18(17)20)27(25,26)21-7-8-24-11-13(2)22-23-24/h3-6,9-11,21H,7-8H2,1-2H3. The average Bonchev–Trinajstić information content (AvgIpc) is 3.02. The fourth-order valence-electron chi connectivity index (χ4n) is 2.69. The summed E-state index contributed by atoms with van der Waals surface area (Å²) in [5.74, 6) is -1.14. The molecule has 0 unspecified atom stereocenters. The van der Waals surface area contributed by atoms with Gasteiger partial charge in [0.25, 0.3) is 0 Å². The SMILES string of the molecule is Cc1cn(CCNS(=O)(=O)c2ccc(-c3cc(F)ccc3F)c(C)c2)nn1. The molecular weight excluding hydrogens is 374 g/mol. The Balaban J connectivity index is 1.78. The van der Waals surface area contributed by atoms with E-state index < -0.39 is 21.7 Å². The Labute approximate surface area is 155 Å². The van der Waals surface area contributed by atoms with Crippen LogP contribution in [0.5, 0.6) is 0 Å². The lowest BCUT2D eigenvalue weighted by Gasteiger charge is -2.11. The molecule has 27 heavy (non-hydrogen) atoms. The number of hydrogen-bond acceptors (Lipinski definition) is 4. The minimum absolute atomic E-state index is 0.0512. The monoisotopic (exact) mass is 392 g/mol. The van der Waals surface area contributed by atoms with Crippen molar-refractivity contribution < 1.29 is 17.2 Å². The molecule has 0 aliphatic rings. The molecule has 0 saturated carbocycles. The van der Waals surface area contributed by atoms with Crippen LogP contribution in [0.25, 0.3) is 11.1 Å². The zero-order chi connectivity index (χ0) is 19.6. The third-order valence-electron chi connectivity index (χ3n) is 4.01. The number of halogens is 2. The van der Waals surface area contributed by atoms with Gasteiger partial charge in [-0.3, -0.25) is 4.68 Å². The minimum atomic E-state index is -3.74. The summed E-state index contributed by atoms with van der Waals surface area (Å²) >= 11 is 0. The summed E-state index contributed by atoms with van der Waals surface area (Å²) in [6.45, 7) is 3.92. The van der Waals surface area contributed by atoms with Gasteiger partial charge in [-0.05, 0) is 55.3 Å². The van der Waals surface area contributed by atoms with Gasteiger partial charge < -0.3 is 0 Å². The third kappa shape index (κ3) is 4.37. The van der Waals surface area contributed by atoms with Gasteiger partial charge in [-0.2, -0.15) is 0 Å². The Bertz CT molecular complexity index is 1080. The van der Waals surface area contributed by atoms with E-state index in [1.807, 2.05) is 0 Å². The van der Waals surface area contributed by atoms with Gasteiger partial charge in [-0.25, -0.2) is 21.9 Å². The molecule has 0 atom stereocenters. The van der Waals surface area contributed by atoms with Crippen LogP contribution in [0.4, 0.5) is 8.78 Å². The molecule has 142 valence electrons. The Hall–Kier alpha value is -2.65. The van der Waals surface area contributed by atoms with E-state index in [-0.39, 0.29) is 17.0 Å². The number of nitrogens with one attached hydrogen (secondary N) is 1. The third-order valence-corrected chi connectivity index (χ3v) is 5.47. The van der Waals surface area contributed by atoms with Crippen LogP contribution in [-0.4, -0.2) is 30.0 Å². The van der Waals surface area contributed by atoms with Gasteiger partial charge >= 0.3 is 0 Å². The van der Waals surface area contributed by atoms with Crippen LogP contribution in [0.15, 0.2) is 47.5 Å². The van der Waals surface area contributed by atoms with Crippen molar-refractivity contribution in [2.24, 2.45) is 0 Å². The van der Waals surface area contributed by atoms with Gasteiger partial charge in [-0.1, -0.05) is 11.3 Å². The van der Waals surface area contributed by atoms with E-state index in [9.17, 15) is 17.2 Å². The lowest BCUT2D eigenvalue weighted by atomic mass is 10.0. The predicted octanol–water partition coefficient (Wildman–Crippen LogP) is 2.82. The van der Waals surface area contributed by atoms with Crippen molar-refractivity contribution >= 4 is 10.0 Å². The molecule has 0 spiro atoms. The summed E-state index contributed by atoms with van der Waals surface area (Å²) in [6.07, 6.45) is 1.71. The molecule has 0 amide bonds. The van der Waals surface area contributed by atoms with Crippen LogP contribution in [0.3, 0.4) is 0 Å². The molecule has 6 nitrogen and oxygen atoms in total. The van der Waals surface area contributed by atoms with E-state index in [4.69, 9.17) is 0 Å². The lowest BCUT2D eigenvalue weighted by molar-refractivity contribution is 0.553. The fraction of sp³-hybridized carbons (Fsp3) is 0.222. The molecule has 0 aliphatic heterocycles. The number of benzene rings is 2. The molecule has 0 saturated heterocycles. The van der Waals surface area contributed by atoms with Gasteiger partial charge in [0.1, 0.15) is 11.6 Å². The molecule has 1 aromatic heterocycles. The highest BCUT2D eigenvalue weighted by atomic mass is 32.2. The Morgan fingerprint density at radius 3 is 2.52 bits per heavy atom. The molecule has 0 radical (unpaired) electrons. The van der Waals surface area contributed by atoms with E-state index in [0.717, 1.165) is 23.9 Å². The predicted molar refractivity (Wildman–Crippen MR) is 96.5 cm³/mol. The second-order valence-electron chi connectivity index (χ2n) is 6.12. The first-order valence-electron chi connectivity index (χ1n) is 8.19. The molecule has 1 N–H and O–H groups in total. The van der Waals surface area contributed by atoms with Crippen LogP contribution >= 0.6 is 0 Å². The number of hydrogen-bond donors (Lipinski definition) is 1. The number of aryl methyl sites for hydroxylation is 2. The second kappa shape index (κ2) is 7.53. The van der Waals surface area contributed by atoms with Crippen molar-refractivity contribution in [1.29, 1.82) is 0 Å². The lowest BCUT2D eigenvalue weighted by Crippen LogP contribution is -2.27. The van der Waals surface area contributed by atoms with Gasteiger partial charge in [0.15, 0.2) is 0 Å². The second-order valence-corrected chi connectivity index (χ2v) is 7.89. The van der Waals surface area contributed by atoms with Gasteiger partial charge in [0.2, 0.25) is 10.0 Å². The Morgan fingerprint density at radius 1 is 1.07 bits per heavy atom. The minimum Gasteiger partial charge on any atom is -0.251 e. The first kappa shape index (κ1) is 19.1. The molecule has 2 aromatic carbocycles. The topological polar surface area (TPSA) is 76.9 Å². The zero-order valence-electron chi connectivity index (χ0n) is 14.8. The van der Waals surface area contributed by atoms with E-state index >= 15 is 0 Å². The van der Waals surface area contributed by atoms with Crippen molar-refractivity contribution in [2.45, 2.75) is 25.3 Å². The first-order chi connectivity index (χ1) is 12.8. The summed E-state index contributed by atoms with van der Waals surface area (Å²) < 4.78 is 56.4. The van der Waals surface area contributed by atoms with Crippen LogP contribution in [0.1, 0.15) is 11.3 Å². The van der Waals surface area contributed by atoms with Crippen LogP contribution < -0.4 is 4.72 Å². The van der Waals surface area contributed by atoms with Gasteiger partial charge in [-0.15, -0.1) is 5.10 Å². The summed E-state index contributed by atoms with van der Waals surface area (Å²) in [7, 11) is -3.74. The number of rotatable bonds is 6. The van der Waals surface area contributed by atoms with E-state index in [2.05, 4.69) is 15.0 Å².